The van der Waals surface area contributed by atoms with Crippen LogP contribution in [0.25, 0.3) is 0 Å². The second-order valence-electron chi connectivity index (χ2n) is 4.08. The standard InChI is InChI=1S/C10H18O3/c1-7(2)13-9-4-3-8(5-9)6-10(11)12/h7-9H,3-6H2,1-2H3,(H,11,12). The monoisotopic (exact) mass is 186 g/mol. The van der Waals surface area contributed by atoms with Crippen molar-refractivity contribution < 1.29 is 14.6 Å². The third-order valence-electron chi connectivity index (χ3n) is 2.42. The highest BCUT2D eigenvalue weighted by molar-refractivity contribution is 5.67. The highest BCUT2D eigenvalue weighted by Crippen LogP contribution is 2.30. The average Bonchev–Trinajstić information content (AvgIpc) is 2.33. The van der Waals surface area contributed by atoms with Gasteiger partial charge < -0.3 is 9.84 Å². The van der Waals surface area contributed by atoms with E-state index in [1.165, 1.54) is 0 Å². The summed E-state index contributed by atoms with van der Waals surface area (Å²) in [5.41, 5.74) is 0. The van der Waals surface area contributed by atoms with Crippen molar-refractivity contribution in [2.45, 2.75) is 51.7 Å². The van der Waals surface area contributed by atoms with Gasteiger partial charge in [-0.1, -0.05) is 0 Å². The summed E-state index contributed by atoms with van der Waals surface area (Å²) >= 11 is 0. The van der Waals surface area contributed by atoms with Gasteiger partial charge in [0.15, 0.2) is 0 Å². The normalized spacial score (nSPS) is 28.2. The highest BCUT2D eigenvalue weighted by atomic mass is 16.5. The lowest BCUT2D eigenvalue weighted by atomic mass is 10.0. The second kappa shape index (κ2) is 4.61. The molecule has 1 fully saturated rings. The Morgan fingerprint density at radius 1 is 1.54 bits per heavy atom. The maximum absolute atomic E-state index is 10.4. The molecule has 0 aromatic heterocycles. The minimum atomic E-state index is -0.685. The molecular weight excluding hydrogens is 168 g/mol. The molecule has 0 bridgehead atoms. The molecule has 0 aromatic rings. The first kappa shape index (κ1) is 10.5. The lowest BCUT2D eigenvalue weighted by Gasteiger charge is -2.14. The van der Waals surface area contributed by atoms with Crippen molar-refractivity contribution in [3.63, 3.8) is 0 Å². The Balaban J connectivity index is 2.24. The van der Waals surface area contributed by atoms with Crippen LogP contribution in [0.3, 0.4) is 0 Å². The number of ether oxygens (including phenoxy) is 1. The molecule has 1 saturated carbocycles. The predicted octanol–water partition coefficient (Wildman–Crippen LogP) is 2.05. The van der Waals surface area contributed by atoms with Gasteiger partial charge in [-0.15, -0.1) is 0 Å². The molecule has 0 radical (unpaired) electrons. The van der Waals surface area contributed by atoms with Crippen LogP contribution in [0.15, 0.2) is 0 Å². The van der Waals surface area contributed by atoms with E-state index >= 15 is 0 Å². The van der Waals surface area contributed by atoms with Gasteiger partial charge in [0, 0.05) is 6.42 Å². The van der Waals surface area contributed by atoms with E-state index in [0.29, 0.717) is 18.4 Å². The summed E-state index contributed by atoms with van der Waals surface area (Å²) in [6.07, 6.45) is 3.81. The number of hydrogen-bond donors (Lipinski definition) is 1. The third kappa shape index (κ3) is 3.77. The van der Waals surface area contributed by atoms with E-state index in [0.717, 1.165) is 19.3 Å². The van der Waals surface area contributed by atoms with Crippen molar-refractivity contribution >= 4 is 5.97 Å². The molecule has 0 amide bonds. The van der Waals surface area contributed by atoms with Gasteiger partial charge in [0.1, 0.15) is 0 Å². The van der Waals surface area contributed by atoms with Gasteiger partial charge in [0.25, 0.3) is 0 Å². The van der Waals surface area contributed by atoms with Crippen LogP contribution in [-0.2, 0) is 9.53 Å². The van der Waals surface area contributed by atoms with E-state index in [4.69, 9.17) is 9.84 Å². The van der Waals surface area contributed by atoms with Gasteiger partial charge in [-0.25, -0.2) is 0 Å². The lowest BCUT2D eigenvalue weighted by molar-refractivity contribution is -0.138. The van der Waals surface area contributed by atoms with Crippen molar-refractivity contribution in [2.75, 3.05) is 0 Å². The summed E-state index contributed by atoms with van der Waals surface area (Å²) in [7, 11) is 0. The zero-order chi connectivity index (χ0) is 9.84. The average molecular weight is 186 g/mol. The van der Waals surface area contributed by atoms with Crippen LogP contribution < -0.4 is 0 Å². The molecule has 0 saturated heterocycles. The van der Waals surface area contributed by atoms with Gasteiger partial charge in [0.05, 0.1) is 12.2 Å². The van der Waals surface area contributed by atoms with Crippen LogP contribution in [0.5, 0.6) is 0 Å². The van der Waals surface area contributed by atoms with Crippen LogP contribution in [0, 0.1) is 5.92 Å². The number of rotatable bonds is 4. The minimum Gasteiger partial charge on any atom is -0.481 e. The van der Waals surface area contributed by atoms with E-state index in [2.05, 4.69) is 0 Å². The fraction of sp³-hybridized carbons (Fsp3) is 0.900. The first-order valence-corrected chi connectivity index (χ1v) is 4.95. The first-order chi connectivity index (χ1) is 6.08. The van der Waals surface area contributed by atoms with Crippen molar-refractivity contribution in [2.24, 2.45) is 5.92 Å². The summed E-state index contributed by atoms with van der Waals surface area (Å²) < 4.78 is 5.63. The summed E-state index contributed by atoms with van der Waals surface area (Å²) in [4.78, 5) is 10.4. The van der Waals surface area contributed by atoms with Gasteiger partial charge in [-0.2, -0.15) is 0 Å². The molecule has 0 heterocycles. The Hall–Kier alpha value is -0.570. The van der Waals surface area contributed by atoms with Gasteiger partial charge in [-0.05, 0) is 39.0 Å². The van der Waals surface area contributed by atoms with Crippen molar-refractivity contribution in [3.8, 4) is 0 Å². The molecule has 2 unspecified atom stereocenters. The first-order valence-electron chi connectivity index (χ1n) is 4.95. The predicted molar refractivity (Wildman–Crippen MR) is 49.6 cm³/mol. The number of aliphatic carboxylic acids is 1. The van der Waals surface area contributed by atoms with Crippen LogP contribution in [0.1, 0.15) is 39.5 Å². The molecule has 13 heavy (non-hydrogen) atoms. The van der Waals surface area contributed by atoms with Gasteiger partial charge >= 0.3 is 5.97 Å². The topological polar surface area (TPSA) is 46.5 Å². The molecule has 1 N–H and O–H groups in total. The fourth-order valence-corrected chi connectivity index (χ4v) is 1.97. The number of carbonyl (C=O) groups is 1. The van der Waals surface area contributed by atoms with Crippen molar-refractivity contribution in [3.05, 3.63) is 0 Å². The van der Waals surface area contributed by atoms with E-state index in [1.54, 1.807) is 0 Å². The third-order valence-corrected chi connectivity index (χ3v) is 2.42. The lowest BCUT2D eigenvalue weighted by Crippen LogP contribution is -2.15. The smallest absolute Gasteiger partial charge is 0.303 e. The molecule has 1 aliphatic carbocycles. The molecule has 2 atom stereocenters. The zero-order valence-corrected chi connectivity index (χ0v) is 8.32. The molecular formula is C10H18O3. The highest BCUT2D eigenvalue weighted by Gasteiger charge is 2.27. The van der Waals surface area contributed by atoms with Crippen LogP contribution >= 0.6 is 0 Å². The zero-order valence-electron chi connectivity index (χ0n) is 8.32. The van der Waals surface area contributed by atoms with Gasteiger partial charge in [-0.3, -0.25) is 4.79 Å². The van der Waals surface area contributed by atoms with Gasteiger partial charge in [0.2, 0.25) is 0 Å². The Bertz CT molecular complexity index is 177. The molecule has 0 aromatic carbocycles. The second-order valence-corrected chi connectivity index (χ2v) is 4.08. The molecule has 3 nitrogen and oxygen atoms in total. The van der Waals surface area contributed by atoms with Crippen LogP contribution in [0.4, 0.5) is 0 Å². The number of hydrogen-bond acceptors (Lipinski definition) is 2. The van der Waals surface area contributed by atoms with Crippen LogP contribution in [0.2, 0.25) is 0 Å². The summed E-state index contributed by atoms with van der Waals surface area (Å²) in [5.74, 6) is -0.351. The molecule has 1 aliphatic rings. The van der Waals surface area contributed by atoms with E-state index in [9.17, 15) is 4.79 Å². The maximum Gasteiger partial charge on any atom is 0.303 e. The van der Waals surface area contributed by atoms with E-state index in [1.807, 2.05) is 13.8 Å². The molecule has 76 valence electrons. The molecule has 1 rings (SSSR count). The van der Waals surface area contributed by atoms with Crippen molar-refractivity contribution in [1.82, 2.24) is 0 Å². The number of carboxylic acid groups (broad SMARTS) is 1. The Labute approximate surface area is 79.1 Å². The summed E-state index contributed by atoms with van der Waals surface area (Å²) in [6, 6.07) is 0. The van der Waals surface area contributed by atoms with E-state index in [-0.39, 0.29) is 6.10 Å². The summed E-state index contributed by atoms with van der Waals surface area (Å²) in [6.45, 7) is 4.04. The largest absolute Gasteiger partial charge is 0.481 e. The summed E-state index contributed by atoms with van der Waals surface area (Å²) in [5, 5.41) is 8.60. The molecule has 3 heteroatoms. The van der Waals surface area contributed by atoms with E-state index < -0.39 is 5.97 Å². The Kier molecular flexibility index (Phi) is 3.72. The minimum absolute atomic E-state index is 0.258. The fourth-order valence-electron chi connectivity index (χ4n) is 1.97. The molecule has 0 aliphatic heterocycles. The van der Waals surface area contributed by atoms with Crippen molar-refractivity contribution in [1.29, 1.82) is 0 Å². The SMILES string of the molecule is CC(C)OC1CCC(CC(=O)O)C1. The quantitative estimate of drug-likeness (QED) is 0.731. The Morgan fingerprint density at radius 2 is 2.23 bits per heavy atom. The number of carboxylic acids is 1. The molecule has 0 spiro atoms. The van der Waals surface area contributed by atoms with Crippen LogP contribution in [-0.4, -0.2) is 23.3 Å². The Morgan fingerprint density at radius 3 is 2.77 bits per heavy atom. The maximum atomic E-state index is 10.4.